The summed E-state index contributed by atoms with van der Waals surface area (Å²) in [4.78, 5) is 12.7. The summed E-state index contributed by atoms with van der Waals surface area (Å²) in [5.74, 6) is 0.0119. The second kappa shape index (κ2) is 8.08. The molecule has 1 fully saturated rings. The number of hydrogen-bond donors (Lipinski definition) is 0. The van der Waals surface area contributed by atoms with E-state index >= 15 is 0 Å². The second-order valence-corrected chi connectivity index (χ2v) is 4.27. The summed E-state index contributed by atoms with van der Waals surface area (Å²) in [5, 5.41) is 0. The number of amides is 1. The van der Waals surface area contributed by atoms with Crippen LogP contribution in [-0.2, 0) is 48.8 Å². The number of piperidine rings is 1. The van der Waals surface area contributed by atoms with Gasteiger partial charge in [-0.15, -0.1) is 5.56 Å². The molecular weight excluding hydrogens is 302 g/mol. The molecule has 1 aliphatic heterocycles. The Labute approximate surface area is 135 Å². The predicted molar refractivity (Wildman–Crippen MR) is 65.2 cm³/mol. The predicted octanol–water partition coefficient (Wildman–Crippen LogP) is 1.47. The van der Waals surface area contributed by atoms with Gasteiger partial charge in [-0.1, -0.05) is 0 Å². The van der Waals surface area contributed by atoms with Crippen molar-refractivity contribution in [2.45, 2.75) is 31.9 Å². The number of hydrogen-bond acceptors (Lipinski definition) is 2. The molecule has 3 radical (unpaired) electrons. The molecule has 1 unspecified atom stereocenters. The van der Waals surface area contributed by atoms with Crippen LogP contribution in [0, 0.1) is 6.07 Å². The Morgan fingerprint density at radius 2 is 2.39 bits per heavy atom. The average molecular weight is 317 g/mol. The molecule has 1 aromatic rings. The molecule has 5 heteroatoms. The maximum Gasteiger partial charge on any atom is 0.230 e. The first-order valence-corrected chi connectivity index (χ1v) is 5.87. The second-order valence-electron chi connectivity index (χ2n) is 4.27. The van der Waals surface area contributed by atoms with Gasteiger partial charge in [0.05, 0.1) is 6.61 Å². The van der Waals surface area contributed by atoms with E-state index in [-0.39, 0.29) is 44.7 Å². The van der Waals surface area contributed by atoms with Crippen LogP contribution in [0.1, 0.15) is 24.8 Å². The van der Waals surface area contributed by atoms with Crippen LogP contribution < -0.4 is 0 Å². The molecule has 0 aromatic heterocycles. The first-order valence-electron chi connectivity index (χ1n) is 5.87. The topological polar surface area (TPSA) is 29.5 Å². The van der Waals surface area contributed by atoms with Crippen molar-refractivity contribution < 1.29 is 42.2 Å². The smallest absolute Gasteiger partial charge is 0.230 e. The quantitative estimate of drug-likeness (QED) is 0.622. The van der Waals surface area contributed by atoms with Gasteiger partial charge in [0.25, 0.3) is 0 Å². The van der Waals surface area contributed by atoms with Crippen LogP contribution in [0.5, 0.6) is 0 Å². The van der Waals surface area contributed by atoms with E-state index in [0.29, 0.717) is 19.6 Å². The van der Waals surface area contributed by atoms with E-state index in [2.05, 4.69) is 6.07 Å². The van der Waals surface area contributed by atoms with Gasteiger partial charge in [-0.3, -0.25) is 4.79 Å². The number of benzene rings is 1. The molecule has 0 aliphatic carbocycles. The van der Waals surface area contributed by atoms with Crippen LogP contribution in [0.15, 0.2) is 24.3 Å². The Kier molecular flexibility index (Phi) is 7.13. The third-order valence-electron chi connectivity index (χ3n) is 2.96. The number of rotatable bonds is 4. The Morgan fingerprint density at radius 3 is 3.11 bits per heavy atom. The third kappa shape index (κ3) is 4.49. The van der Waals surface area contributed by atoms with E-state index in [1.807, 2.05) is 24.3 Å². The van der Waals surface area contributed by atoms with Crippen LogP contribution in [0.2, 0.25) is 0 Å². The summed E-state index contributed by atoms with van der Waals surface area (Å²) < 4.78 is 5.58. The summed E-state index contributed by atoms with van der Waals surface area (Å²) >= 11 is 0. The molecule has 0 N–H and O–H groups in total. The monoisotopic (exact) mass is 317 g/mol. The van der Waals surface area contributed by atoms with Gasteiger partial charge in [0, 0.05) is 51.8 Å². The van der Waals surface area contributed by atoms with E-state index in [1.54, 1.807) is 0 Å². The van der Waals surface area contributed by atoms with Crippen molar-refractivity contribution in [2.24, 2.45) is 0 Å². The van der Waals surface area contributed by atoms with E-state index in [1.165, 1.54) is 4.81 Å². The van der Waals surface area contributed by atoms with Crippen molar-refractivity contribution in [2.75, 3.05) is 6.61 Å². The largest absolute Gasteiger partial charge is 0.392 e. The fourth-order valence-corrected chi connectivity index (χ4v) is 1.96. The molecule has 1 atom stereocenters. The summed E-state index contributed by atoms with van der Waals surface area (Å²) in [7, 11) is 5.70. The summed E-state index contributed by atoms with van der Waals surface area (Å²) in [6.45, 7) is 1.03. The zero-order valence-corrected chi connectivity index (χ0v) is 13.2. The van der Waals surface area contributed by atoms with Crippen LogP contribution in [0.3, 0.4) is 0 Å². The van der Waals surface area contributed by atoms with Gasteiger partial charge in [0.1, 0.15) is 0 Å². The van der Waals surface area contributed by atoms with Gasteiger partial charge >= 0.3 is 0 Å². The molecule has 1 heterocycles. The zero-order valence-electron chi connectivity index (χ0n) is 10.3. The van der Waals surface area contributed by atoms with Crippen molar-refractivity contribution in [3.63, 3.8) is 0 Å². The fraction of sp³-hybridized carbons (Fsp3) is 0.462. The van der Waals surface area contributed by atoms with Crippen LogP contribution in [-0.4, -0.2) is 31.3 Å². The number of carbonyl (C=O) groups is 1. The van der Waals surface area contributed by atoms with Crippen molar-refractivity contribution in [3.8, 4) is 0 Å². The standard InChI is InChI=1S/C13H15BNO2.Y/c14-15-12(7-4-8-13(15)16)10-17-9-11-5-2-1-3-6-11;/h1-2,5-6,12H,4,7-10H2;/q-1;. The number of ether oxygens (including phenoxy) is 1. The molecule has 1 aromatic carbocycles. The van der Waals surface area contributed by atoms with E-state index in [4.69, 9.17) is 12.7 Å². The van der Waals surface area contributed by atoms with Gasteiger partial charge in [0.2, 0.25) is 13.9 Å². The molecule has 1 aliphatic rings. The molecule has 0 spiro atoms. The van der Waals surface area contributed by atoms with Crippen LogP contribution >= 0.6 is 0 Å². The number of carbonyl (C=O) groups excluding carboxylic acids is 1. The zero-order chi connectivity index (χ0) is 12.1. The van der Waals surface area contributed by atoms with Gasteiger partial charge in [-0.25, -0.2) is 0 Å². The van der Waals surface area contributed by atoms with Gasteiger partial charge in [-0.05, 0) is 12.8 Å². The molecular formula is C13H15BNO2Y-. The van der Waals surface area contributed by atoms with Crippen LogP contribution in [0.4, 0.5) is 0 Å². The Morgan fingerprint density at radius 1 is 1.56 bits per heavy atom. The molecule has 18 heavy (non-hydrogen) atoms. The minimum atomic E-state index is 0. The van der Waals surface area contributed by atoms with Crippen molar-refractivity contribution >= 4 is 13.9 Å². The van der Waals surface area contributed by atoms with Gasteiger partial charge < -0.3 is 9.55 Å². The Hall–Kier alpha value is -0.181. The van der Waals surface area contributed by atoms with Crippen molar-refractivity contribution in [1.29, 1.82) is 0 Å². The fourth-order valence-electron chi connectivity index (χ4n) is 1.96. The third-order valence-corrected chi connectivity index (χ3v) is 2.96. The summed E-state index contributed by atoms with van der Waals surface area (Å²) in [6.07, 6.45) is 2.38. The Balaban J connectivity index is 0.00000162. The maximum atomic E-state index is 11.4. The number of nitrogens with zero attached hydrogens (tertiary/aromatic N) is 1. The van der Waals surface area contributed by atoms with Crippen LogP contribution in [0.25, 0.3) is 0 Å². The average Bonchev–Trinajstić information content (AvgIpc) is 2.36. The first kappa shape index (κ1) is 15.9. The molecule has 1 amide bonds. The summed E-state index contributed by atoms with van der Waals surface area (Å²) in [6, 6.07) is 10.7. The van der Waals surface area contributed by atoms with E-state index in [0.717, 1.165) is 18.4 Å². The summed E-state index contributed by atoms with van der Waals surface area (Å²) in [5.41, 5.74) is 1.08. The molecule has 3 nitrogen and oxygen atoms in total. The van der Waals surface area contributed by atoms with Gasteiger partial charge in [0.15, 0.2) is 0 Å². The first-order chi connectivity index (χ1) is 8.27. The minimum absolute atomic E-state index is 0. The normalized spacial score (nSPS) is 19.4. The Bertz CT molecular complexity index is 375. The minimum Gasteiger partial charge on any atom is -0.392 e. The maximum absolute atomic E-state index is 11.4. The van der Waals surface area contributed by atoms with E-state index in [9.17, 15) is 4.79 Å². The molecule has 0 bridgehead atoms. The van der Waals surface area contributed by atoms with Crippen molar-refractivity contribution in [1.82, 2.24) is 4.81 Å². The molecule has 1 saturated heterocycles. The van der Waals surface area contributed by atoms with Crippen molar-refractivity contribution in [3.05, 3.63) is 35.9 Å². The SMILES string of the molecule is [B]N1C(=O)CCCC1COCc1c[c-]ccc1.[Y]. The van der Waals surface area contributed by atoms with Gasteiger partial charge in [-0.2, -0.15) is 30.3 Å². The molecule has 2 rings (SSSR count). The molecule has 91 valence electrons. The molecule has 0 saturated carbocycles. The van der Waals surface area contributed by atoms with E-state index < -0.39 is 0 Å².